The molecule has 0 aliphatic rings. The fourth-order valence-electron chi connectivity index (χ4n) is 4.32. The molecule has 220 valence electrons. The number of nitrogens with one attached hydrogen (secondary N) is 1. The second kappa shape index (κ2) is 14.2. The van der Waals surface area contributed by atoms with Crippen LogP contribution < -0.4 is 9.62 Å². The van der Waals surface area contributed by atoms with E-state index < -0.39 is 28.5 Å². The van der Waals surface area contributed by atoms with E-state index in [0.717, 1.165) is 27.3 Å². The van der Waals surface area contributed by atoms with Gasteiger partial charge in [0.15, 0.2) is 0 Å². The summed E-state index contributed by atoms with van der Waals surface area (Å²) < 4.78 is 27.0. The minimum absolute atomic E-state index is 0.0230. The number of rotatable bonds is 12. The Balaban J connectivity index is 2.10. The lowest BCUT2D eigenvalue weighted by Crippen LogP contribution is -2.54. The van der Waals surface area contributed by atoms with Crippen LogP contribution in [0.4, 0.5) is 5.69 Å². The Kier molecular flexibility index (Phi) is 11.2. The highest BCUT2D eigenvalue weighted by Crippen LogP contribution is 2.26. The average Bonchev–Trinajstić information content (AvgIpc) is 2.91. The molecule has 3 aromatic carbocycles. The molecule has 0 heterocycles. The van der Waals surface area contributed by atoms with Crippen LogP contribution in [0.1, 0.15) is 42.5 Å². The van der Waals surface area contributed by atoms with Crippen molar-refractivity contribution in [3.8, 4) is 0 Å². The molecule has 3 aromatic rings. The molecule has 2 amide bonds. The number of hydrogen-bond acceptors (Lipinski definition) is 4. The Morgan fingerprint density at radius 3 is 2.22 bits per heavy atom. The predicted octanol–water partition coefficient (Wildman–Crippen LogP) is 5.93. The number of amides is 2. The van der Waals surface area contributed by atoms with Crippen LogP contribution in [0.25, 0.3) is 0 Å². The van der Waals surface area contributed by atoms with Crippen molar-refractivity contribution in [2.45, 2.75) is 59.2 Å². The van der Waals surface area contributed by atoms with Crippen LogP contribution in [0.2, 0.25) is 10.0 Å². The Hall–Kier alpha value is -3.07. The largest absolute Gasteiger partial charge is 0.352 e. The highest BCUT2D eigenvalue weighted by Gasteiger charge is 2.33. The van der Waals surface area contributed by atoms with E-state index in [1.165, 1.54) is 4.90 Å². The monoisotopic (exact) mass is 617 g/mol. The van der Waals surface area contributed by atoms with Crippen LogP contribution in [-0.2, 0) is 32.6 Å². The van der Waals surface area contributed by atoms with Gasteiger partial charge in [0, 0.05) is 29.1 Å². The van der Waals surface area contributed by atoms with Gasteiger partial charge in [-0.1, -0.05) is 72.6 Å². The third kappa shape index (κ3) is 8.96. The lowest BCUT2D eigenvalue weighted by atomic mass is 10.0. The Morgan fingerprint density at radius 1 is 0.951 bits per heavy atom. The van der Waals surface area contributed by atoms with E-state index >= 15 is 0 Å². The molecule has 0 fully saturated rings. The van der Waals surface area contributed by atoms with Crippen molar-refractivity contribution < 1.29 is 18.0 Å². The number of anilines is 1. The fraction of sp³-hybridized carbons (Fsp3) is 0.355. The van der Waals surface area contributed by atoms with E-state index in [4.69, 9.17) is 23.2 Å². The van der Waals surface area contributed by atoms with Crippen molar-refractivity contribution in [1.82, 2.24) is 10.2 Å². The van der Waals surface area contributed by atoms with Gasteiger partial charge in [0.2, 0.25) is 21.8 Å². The standard InChI is InChI=1S/C31H37Cl2N3O4S/c1-6-23(4)34-31(38)29(17-24-10-8-7-9-11-24)35(19-25-13-14-26(32)18-28(25)33)30(37)20-36(41(5,39)40)27-15-12-21(2)22(3)16-27/h7-16,18,23,29H,6,17,19-20H2,1-5H3,(H,34,38). The normalized spacial score (nSPS) is 12.9. The van der Waals surface area contributed by atoms with Crippen molar-refractivity contribution in [2.75, 3.05) is 17.1 Å². The topological polar surface area (TPSA) is 86.8 Å². The van der Waals surface area contributed by atoms with Gasteiger partial charge >= 0.3 is 0 Å². The molecule has 0 aliphatic heterocycles. The van der Waals surface area contributed by atoms with E-state index in [0.29, 0.717) is 27.7 Å². The smallest absolute Gasteiger partial charge is 0.244 e. The van der Waals surface area contributed by atoms with Gasteiger partial charge in [0.1, 0.15) is 12.6 Å². The molecule has 0 saturated heterocycles. The van der Waals surface area contributed by atoms with Crippen molar-refractivity contribution >= 4 is 50.7 Å². The highest BCUT2D eigenvalue weighted by atomic mass is 35.5. The van der Waals surface area contributed by atoms with Crippen LogP contribution in [0.15, 0.2) is 66.7 Å². The van der Waals surface area contributed by atoms with E-state index in [2.05, 4.69) is 5.32 Å². The maximum atomic E-state index is 14.2. The minimum Gasteiger partial charge on any atom is -0.352 e. The number of carbonyl (C=O) groups is 2. The second-order valence-corrected chi connectivity index (χ2v) is 13.1. The first-order valence-electron chi connectivity index (χ1n) is 13.4. The first-order valence-corrected chi connectivity index (χ1v) is 16.0. The number of benzene rings is 3. The summed E-state index contributed by atoms with van der Waals surface area (Å²) in [6.45, 7) is 7.15. The molecular formula is C31H37Cl2N3O4S. The van der Waals surface area contributed by atoms with E-state index in [1.807, 2.05) is 64.1 Å². The first kappa shape index (κ1) is 32.4. The third-order valence-corrected chi connectivity index (χ3v) is 8.81. The maximum absolute atomic E-state index is 14.2. The molecular weight excluding hydrogens is 581 g/mol. The van der Waals surface area contributed by atoms with Gasteiger partial charge in [-0.15, -0.1) is 0 Å². The van der Waals surface area contributed by atoms with Crippen molar-refractivity contribution in [2.24, 2.45) is 0 Å². The summed E-state index contributed by atoms with van der Waals surface area (Å²) in [5, 5.41) is 3.78. The van der Waals surface area contributed by atoms with Crippen molar-refractivity contribution in [3.05, 3.63) is 99.0 Å². The summed E-state index contributed by atoms with van der Waals surface area (Å²) in [6.07, 6.45) is 1.99. The third-order valence-electron chi connectivity index (χ3n) is 7.09. The zero-order chi connectivity index (χ0) is 30.3. The Labute approximate surface area is 253 Å². The molecule has 7 nitrogen and oxygen atoms in total. The number of aryl methyl sites for hydroxylation is 2. The summed E-state index contributed by atoms with van der Waals surface area (Å²) in [5.74, 6) is -0.876. The number of sulfonamides is 1. The van der Waals surface area contributed by atoms with E-state index in [1.54, 1.807) is 30.3 Å². The van der Waals surface area contributed by atoms with Gasteiger partial charge in [-0.2, -0.15) is 0 Å². The zero-order valence-electron chi connectivity index (χ0n) is 24.0. The van der Waals surface area contributed by atoms with Gasteiger partial charge in [0.25, 0.3) is 0 Å². The molecule has 0 aromatic heterocycles. The molecule has 0 spiro atoms. The second-order valence-electron chi connectivity index (χ2n) is 10.3. The van der Waals surface area contributed by atoms with Gasteiger partial charge in [-0.05, 0) is 73.7 Å². The lowest BCUT2D eigenvalue weighted by molar-refractivity contribution is -0.140. The quantitative estimate of drug-likeness (QED) is 0.273. The summed E-state index contributed by atoms with van der Waals surface area (Å²) in [5.41, 5.74) is 3.69. The highest BCUT2D eigenvalue weighted by molar-refractivity contribution is 7.92. The first-order chi connectivity index (χ1) is 19.3. The lowest BCUT2D eigenvalue weighted by Gasteiger charge is -2.34. The van der Waals surface area contributed by atoms with Gasteiger partial charge in [-0.3, -0.25) is 13.9 Å². The maximum Gasteiger partial charge on any atom is 0.244 e. The SMILES string of the molecule is CCC(C)NC(=O)C(Cc1ccccc1)N(Cc1ccc(Cl)cc1Cl)C(=O)CN(c1ccc(C)c(C)c1)S(C)(=O)=O. The van der Waals surface area contributed by atoms with Crippen molar-refractivity contribution in [3.63, 3.8) is 0 Å². The summed E-state index contributed by atoms with van der Waals surface area (Å²) >= 11 is 12.6. The summed E-state index contributed by atoms with van der Waals surface area (Å²) in [4.78, 5) is 29.3. The molecule has 0 aliphatic carbocycles. The van der Waals surface area contributed by atoms with Gasteiger partial charge < -0.3 is 10.2 Å². The molecule has 3 rings (SSSR count). The fourth-order valence-corrected chi connectivity index (χ4v) is 5.63. The molecule has 0 radical (unpaired) electrons. The van der Waals surface area contributed by atoms with Gasteiger partial charge in [0.05, 0.1) is 11.9 Å². The van der Waals surface area contributed by atoms with Crippen LogP contribution in [-0.4, -0.2) is 50.0 Å². The van der Waals surface area contributed by atoms with Crippen LogP contribution in [0.3, 0.4) is 0 Å². The van der Waals surface area contributed by atoms with Crippen LogP contribution >= 0.6 is 23.2 Å². The molecule has 10 heteroatoms. The van der Waals surface area contributed by atoms with Crippen LogP contribution in [0.5, 0.6) is 0 Å². The molecule has 1 N–H and O–H groups in total. The molecule has 41 heavy (non-hydrogen) atoms. The molecule has 0 bridgehead atoms. The van der Waals surface area contributed by atoms with E-state index in [9.17, 15) is 18.0 Å². The van der Waals surface area contributed by atoms with Crippen LogP contribution in [0, 0.1) is 13.8 Å². The average molecular weight is 619 g/mol. The molecule has 2 atom stereocenters. The minimum atomic E-state index is -3.85. The molecule has 2 unspecified atom stereocenters. The van der Waals surface area contributed by atoms with Crippen molar-refractivity contribution in [1.29, 1.82) is 0 Å². The molecule has 0 saturated carbocycles. The predicted molar refractivity (Wildman–Crippen MR) is 167 cm³/mol. The Morgan fingerprint density at radius 2 is 1.63 bits per heavy atom. The Bertz CT molecular complexity index is 1480. The number of carbonyl (C=O) groups excluding carboxylic acids is 2. The number of halogens is 2. The zero-order valence-corrected chi connectivity index (χ0v) is 26.4. The summed E-state index contributed by atoms with van der Waals surface area (Å²) in [7, 11) is -3.85. The number of hydrogen-bond donors (Lipinski definition) is 1. The number of nitrogens with zero attached hydrogens (tertiary/aromatic N) is 2. The van der Waals surface area contributed by atoms with Gasteiger partial charge in [-0.25, -0.2) is 8.42 Å². The van der Waals surface area contributed by atoms with E-state index in [-0.39, 0.29) is 24.9 Å². The summed E-state index contributed by atoms with van der Waals surface area (Å²) in [6, 6.07) is 18.5.